The molecular weight excluding hydrogens is 1560 g/mol. The second kappa shape index (κ2) is 47.5. The predicted molar refractivity (Wildman–Crippen MR) is 439 cm³/mol. The van der Waals surface area contributed by atoms with Crippen LogP contribution in [0.4, 0.5) is 13.6 Å². The number of ether oxygens (including phenoxy) is 4. The Labute approximate surface area is 703 Å². The SMILES string of the molecule is CC[C@H](C)[C@@H]([C@@H](CC(=O)N1C[C@@H](OC(=O)N(C)CCCC(=O)OCc2ccc(CC(=O)[C@H](CCCCC(N)=O)NC(=O)[C@@H](CC(=O)CCCCCN3C(=O)CC(SCC4(CC(=O)ON5C(=O)CCC5=O)CC4)C3=O)C(C)C)cc2)C[C@H]1[C@H](OC)[C@@H](C)C(=O)NCCc1c(F)cccc1F)OC)N(C)C(=O)[C@@H](CC(=O)[C@H](C(C)C)N(C)C)C(C)C. The van der Waals surface area contributed by atoms with Gasteiger partial charge in [0.05, 0.1) is 66.9 Å². The number of imide groups is 2. The Morgan fingerprint density at radius 2 is 1.34 bits per heavy atom. The number of likely N-dealkylation sites (N-methyl/N-ethyl adjacent to an activating group) is 2. The fraction of sp³-hybridized carbons (Fsp3) is 0.690. The largest absolute Gasteiger partial charge is 0.461 e. The topological polar surface area (TPSA) is 372 Å². The Kier molecular flexibility index (Phi) is 39.6. The van der Waals surface area contributed by atoms with Gasteiger partial charge in [0.1, 0.15) is 30.1 Å². The molecule has 0 bridgehead atoms. The highest BCUT2D eigenvalue weighted by atomic mass is 32.2. The van der Waals surface area contributed by atoms with Crippen molar-refractivity contribution in [2.75, 3.05) is 74.3 Å². The molecule has 4 fully saturated rings. The number of nitrogens with one attached hydrogen (secondary N) is 2. The fourth-order valence-electron chi connectivity index (χ4n) is 16.1. The highest BCUT2D eigenvalue weighted by Gasteiger charge is 2.50. The molecule has 4 N–H and O–H groups in total. The molecule has 3 heterocycles. The fourth-order valence-corrected chi connectivity index (χ4v) is 17.6. The van der Waals surface area contributed by atoms with Gasteiger partial charge in [-0.3, -0.25) is 72.1 Å². The molecule has 0 aromatic heterocycles. The molecule has 2 aromatic rings. The van der Waals surface area contributed by atoms with E-state index in [9.17, 15) is 75.9 Å². The van der Waals surface area contributed by atoms with E-state index in [-0.39, 0.29) is 193 Å². The Bertz CT molecular complexity index is 3820. The Morgan fingerprint density at radius 3 is 1.93 bits per heavy atom. The van der Waals surface area contributed by atoms with Crippen LogP contribution >= 0.6 is 11.8 Å². The monoisotopic (exact) mass is 1690 g/mol. The summed E-state index contributed by atoms with van der Waals surface area (Å²) in [6.07, 6.45) is 0.540. The number of primary amides is 1. The van der Waals surface area contributed by atoms with Crippen molar-refractivity contribution < 1.29 is 104 Å². The van der Waals surface area contributed by atoms with Crippen molar-refractivity contribution in [3.63, 3.8) is 0 Å². The smallest absolute Gasteiger partial charge is 0.409 e. The van der Waals surface area contributed by atoms with Crippen LogP contribution in [0.3, 0.4) is 0 Å². The van der Waals surface area contributed by atoms with Gasteiger partial charge in [-0.15, -0.1) is 16.8 Å². The third-order valence-electron chi connectivity index (χ3n) is 23.6. The van der Waals surface area contributed by atoms with Crippen LogP contribution in [-0.2, 0) is 110 Å². The number of hydroxylamine groups is 2. The zero-order valence-corrected chi connectivity index (χ0v) is 73.1. The molecule has 662 valence electrons. The summed E-state index contributed by atoms with van der Waals surface area (Å²) in [5, 5.41) is 5.56. The number of carbonyl (C=O) groups excluding carboxylic acids is 15. The zero-order chi connectivity index (χ0) is 88.3. The van der Waals surface area contributed by atoms with Gasteiger partial charge in [0.25, 0.3) is 11.8 Å². The van der Waals surface area contributed by atoms with E-state index in [4.69, 9.17) is 29.5 Å². The van der Waals surface area contributed by atoms with E-state index in [1.165, 1.54) is 53.8 Å². The van der Waals surface area contributed by atoms with Crippen LogP contribution in [0.2, 0.25) is 0 Å². The first-order valence-corrected chi connectivity index (χ1v) is 43.1. The van der Waals surface area contributed by atoms with Crippen molar-refractivity contribution in [3.8, 4) is 0 Å². The van der Waals surface area contributed by atoms with Crippen molar-refractivity contribution in [1.29, 1.82) is 0 Å². The number of hydrogen-bond donors (Lipinski definition) is 3. The van der Waals surface area contributed by atoms with Gasteiger partial charge < -0.3 is 54.9 Å². The van der Waals surface area contributed by atoms with Crippen molar-refractivity contribution in [3.05, 3.63) is 70.8 Å². The Balaban J connectivity index is 0.994. The summed E-state index contributed by atoms with van der Waals surface area (Å²) in [7, 11) is 9.68. The normalized spacial score (nSPS) is 18.8. The number of halogens is 2. The highest BCUT2D eigenvalue weighted by Crippen LogP contribution is 2.52. The number of nitrogens with zero attached hydrogens (tertiary/aromatic N) is 6. The molecule has 2 aromatic carbocycles. The van der Waals surface area contributed by atoms with Crippen LogP contribution in [0.1, 0.15) is 214 Å². The van der Waals surface area contributed by atoms with Crippen molar-refractivity contribution in [2.24, 2.45) is 52.6 Å². The maximum atomic E-state index is 15.1. The van der Waals surface area contributed by atoms with Crippen LogP contribution in [-0.4, -0.2) is 240 Å². The van der Waals surface area contributed by atoms with Gasteiger partial charge in [-0.1, -0.05) is 112 Å². The predicted octanol–water partition coefficient (Wildman–Crippen LogP) is 9.00. The van der Waals surface area contributed by atoms with Crippen LogP contribution in [0.5, 0.6) is 0 Å². The first-order chi connectivity index (χ1) is 56.2. The number of amides is 10. The number of rotatable bonds is 53. The molecule has 6 rings (SSSR count). The van der Waals surface area contributed by atoms with E-state index in [0.717, 1.165) is 12.1 Å². The number of nitrogens with two attached hydrogens (primary N) is 1. The number of thioether (sulfide) groups is 1. The highest BCUT2D eigenvalue weighted by molar-refractivity contribution is 8.00. The number of carbonyl (C=O) groups is 15. The lowest BCUT2D eigenvalue weighted by Gasteiger charge is -2.41. The standard InChI is InChI=1S/C87H129F2N9O20S/c1-16-55(8)80(95(13)84(111)63(53(4)5)45-69(101)79(54(6)7)93(10)11)70(114-14)46-75(105)97-49-60(44-67(97)81(115-15)56(9)82(109)91-39-36-61-64(88)25-22-26-65(61)89)117-86(113)94(12)40-23-29-77(107)116-50-58-32-30-57(31-33-58)42-68(100)66(27-19-20-28-72(90)102)92-83(110)62(52(2)3)43-59(99)24-18-17-21-41-96-76(106)47-71(85(96)112)119-51-87(37-38-87)48-78(108)118-98-73(103)34-35-74(98)104/h22,25-26,30-33,52-56,60,62-63,66-67,70-71,79-81H,16-21,23-24,27-29,34-51H2,1-15H3,(H2,90,102)(H,91,109)(H,92,110)/t55-,56+,60-,62-,63-,66-,67-,70+,71?,79-,80-,81+/m0/s1. The molecule has 10 amide bonds. The third kappa shape index (κ3) is 29.6. The molecule has 32 heteroatoms. The average Bonchev–Trinajstić information content (AvgIpc) is 1.67. The van der Waals surface area contributed by atoms with Crippen LogP contribution in [0.15, 0.2) is 42.5 Å². The number of Topliss-reactive ketones (excluding diaryl/α,β-unsaturated/α-hetero) is 3. The number of unbranched alkanes of at least 4 members (excludes halogenated alkanes) is 3. The summed E-state index contributed by atoms with van der Waals surface area (Å²) in [5.74, 6) is -9.98. The van der Waals surface area contributed by atoms with Gasteiger partial charge >= 0.3 is 18.0 Å². The molecule has 3 saturated heterocycles. The minimum atomic E-state index is -1.00. The molecule has 29 nitrogen and oxygen atoms in total. The number of methoxy groups -OCH3 is 2. The maximum Gasteiger partial charge on any atom is 0.409 e. The van der Waals surface area contributed by atoms with E-state index in [1.807, 2.05) is 74.4 Å². The molecule has 0 radical (unpaired) electrons. The van der Waals surface area contributed by atoms with E-state index < -0.39 is 136 Å². The summed E-state index contributed by atoms with van der Waals surface area (Å²) in [5.41, 5.74) is 5.97. The molecule has 0 spiro atoms. The average molecular weight is 1690 g/mol. The summed E-state index contributed by atoms with van der Waals surface area (Å²) in [6.45, 7) is 16.7. The first kappa shape index (κ1) is 99.2. The van der Waals surface area contributed by atoms with E-state index in [1.54, 1.807) is 43.1 Å². The summed E-state index contributed by atoms with van der Waals surface area (Å²) < 4.78 is 53.0. The van der Waals surface area contributed by atoms with E-state index in [0.29, 0.717) is 73.3 Å². The van der Waals surface area contributed by atoms with E-state index in [2.05, 4.69) is 10.6 Å². The second-order valence-electron chi connectivity index (χ2n) is 34.0. The van der Waals surface area contributed by atoms with Gasteiger partial charge in [0.2, 0.25) is 41.4 Å². The summed E-state index contributed by atoms with van der Waals surface area (Å²) in [4.78, 5) is 213. The minimum Gasteiger partial charge on any atom is -0.461 e. The van der Waals surface area contributed by atoms with Crippen molar-refractivity contribution >= 4 is 100 Å². The quantitative estimate of drug-likeness (QED) is 0.0316. The van der Waals surface area contributed by atoms with Crippen LogP contribution in [0, 0.1) is 58.5 Å². The number of ketones is 3. The molecular formula is C87H129F2N9O20S. The Morgan fingerprint density at radius 1 is 0.706 bits per heavy atom. The Hall–Kier alpha value is -8.62. The second-order valence-corrected chi connectivity index (χ2v) is 35.2. The maximum absolute atomic E-state index is 15.1. The molecule has 4 aliphatic rings. The molecule has 12 atom stereocenters. The molecule has 119 heavy (non-hydrogen) atoms. The molecule has 1 unspecified atom stereocenters. The first-order valence-electron chi connectivity index (χ1n) is 42.1. The van der Waals surface area contributed by atoms with Gasteiger partial charge in [0.15, 0.2) is 11.6 Å². The van der Waals surface area contributed by atoms with Crippen LogP contribution < -0.4 is 16.4 Å². The number of hydrogen-bond acceptors (Lipinski definition) is 22. The van der Waals surface area contributed by atoms with Gasteiger partial charge in [-0.25, -0.2) is 18.4 Å². The summed E-state index contributed by atoms with van der Waals surface area (Å²) in [6, 6.07) is 7.40. The summed E-state index contributed by atoms with van der Waals surface area (Å²) >= 11 is 1.31. The lowest BCUT2D eigenvalue weighted by molar-refractivity contribution is -0.198. The molecule has 1 aliphatic carbocycles. The zero-order valence-electron chi connectivity index (χ0n) is 72.3. The molecule has 3 aliphatic heterocycles. The lowest BCUT2D eigenvalue weighted by Crippen LogP contribution is -2.54. The third-order valence-corrected chi connectivity index (χ3v) is 25.1. The van der Waals surface area contributed by atoms with Crippen molar-refractivity contribution in [1.82, 2.24) is 40.2 Å². The molecule has 1 saturated carbocycles. The lowest BCUT2D eigenvalue weighted by atomic mass is 9.83. The van der Waals surface area contributed by atoms with Gasteiger partial charge in [-0.2, -0.15) is 0 Å². The van der Waals surface area contributed by atoms with Gasteiger partial charge in [0, 0.05) is 135 Å². The minimum absolute atomic E-state index is 0.00300. The van der Waals surface area contributed by atoms with Crippen molar-refractivity contribution in [2.45, 2.75) is 264 Å². The van der Waals surface area contributed by atoms with Crippen LogP contribution in [0.25, 0.3) is 0 Å². The number of benzene rings is 2. The number of likely N-dealkylation sites (tertiary alicyclic amines) is 2. The number of esters is 1. The van der Waals surface area contributed by atoms with Gasteiger partial charge in [-0.05, 0) is 118 Å². The van der Waals surface area contributed by atoms with E-state index >= 15 is 4.79 Å².